The van der Waals surface area contributed by atoms with E-state index in [0.29, 0.717) is 5.82 Å². The van der Waals surface area contributed by atoms with Gasteiger partial charge < -0.3 is 5.32 Å². The molecule has 2 rings (SSSR count). The van der Waals surface area contributed by atoms with Crippen molar-refractivity contribution in [2.45, 2.75) is 6.18 Å². The highest BCUT2D eigenvalue weighted by molar-refractivity contribution is 6.43. The molecule has 2 N–H and O–H groups in total. The molecule has 1 aromatic carbocycles. The molecule has 0 saturated heterocycles. The van der Waals surface area contributed by atoms with Crippen LogP contribution < -0.4 is 15.8 Å². The van der Waals surface area contributed by atoms with Gasteiger partial charge in [-0.15, -0.1) is 0 Å². The molecular weight excluding hydrogens is 370 g/mol. The monoisotopic (exact) mass is 381 g/mol. The van der Waals surface area contributed by atoms with Gasteiger partial charge in [-0.05, 0) is 18.2 Å². The van der Waals surface area contributed by atoms with E-state index >= 15 is 0 Å². The third-order valence-electron chi connectivity index (χ3n) is 2.96. The van der Waals surface area contributed by atoms with E-state index in [2.05, 4.69) is 15.8 Å². The largest absolute Gasteiger partial charge is 0.416 e. The van der Waals surface area contributed by atoms with Gasteiger partial charge in [-0.3, -0.25) is 5.01 Å². The number of alkyl halides is 3. The number of benzene rings is 1. The Morgan fingerprint density at radius 2 is 2.00 bits per heavy atom. The normalized spacial score (nSPS) is 11.3. The number of hydrazine groups is 1. The van der Waals surface area contributed by atoms with E-state index in [1.54, 1.807) is 7.05 Å². The number of amides is 2. The van der Waals surface area contributed by atoms with Crippen LogP contribution in [0.1, 0.15) is 5.56 Å². The van der Waals surface area contributed by atoms with Gasteiger partial charge >= 0.3 is 12.2 Å². The standard InChI is InChI=1S/C13H12Cl2F3N5O/c1-22-11(9(14)10(15)20-22)23(2)21-12(24)19-8-5-3-4-7(6-8)13(16,17)18/h3-6H,1-2H3,(H2,19,21,24). The first-order valence-corrected chi connectivity index (χ1v) is 7.22. The third kappa shape index (κ3) is 4.04. The van der Waals surface area contributed by atoms with Crippen LogP contribution in [-0.2, 0) is 13.2 Å². The fourth-order valence-electron chi connectivity index (χ4n) is 1.96. The lowest BCUT2D eigenvalue weighted by atomic mass is 10.2. The zero-order chi connectivity index (χ0) is 18.1. The molecule has 2 aromatic rings. The van der Waals surface area contributed by atoms with Crippen LogP contribution in [0.5, 0.6) is 0 Å². The Labute approximate surface area is 145 Å². The lowest BCUT2D eigenvalue weighted by Crippen LogP contribution is -2.43. The summed E-state index contributed by atoms with van der Waals surface area (Å²) in [6.07, 6.45) is -4.50. The Morgan fingerprint density at radius 1 is 1.33 bits per heavy atom. The van der Waals surface area contributed by atoms with E-state index in [0.717, 1.165) is 12.1 Å². The van der Waals surface area contributed by atoms with Crippen LogP contribution in [0.15, 0.2) is 24.3 Å². The number of nitrogens with one attached hydrogen (secondary N) is 2. The quantitative estimate of drug-likeness (QED) is 0.792. The van der Waals surface area contributed by atoms with Gasteiger partial charge in [0.15, 0.2) is 11.0 Å². The van der Waals surface area contributed by atoms with Gasteiger partial charge in [-0.1, -0.05) is 29.3 Å². The summed E-state index contributed by atoms with van der Waals surface area (Å²) in [5.74, 6) is 0.306. The summed E-state index contributed by atoms with van der Waals surface area (Å²) in [4.78, 5) is 11.9. The lowest BCUT2D eigenvalue weighted by molar-refractivity contribution is -0.137. The number of nitrogens with zero attached hydrogens (tertiary/aromatic N) is 3. The van der Waals surface area contributed by atoms with Crippen LogP contribution >= 0.6 is 23.2 Å². The maximum Gasteiger partial charge on any atom is 0.416 e. The van der Waals surface area contributed by atoms with Gasteiger partial charge in [-0.2, -0.15) is 18.3 Å². The second-order valence-electron chi connectivity index (χ2n) is 4.76. The molecule has 0 atom stereocenters. The number of aromatic nitrogens is 2. The molecule has 1 aromatic heterocycles. The van der Waals surface area contributed by atoms with Crippen molar-refractivity contribution in [1.82, 2.24) is 15.2 Å². The first-order chi connectivity index (χ1) is 11.1. The van der Waals surface area contributed by atoms with Crippen LogP contribution in [0.2, 0.25) is 10.2 Å². The summed E-state index contributed by atoms with van der Waals surface area (Å²) in [6.45, 7) is 0. The van der Waals surface area contributed by atoms with Crippen molar-refractivity contribution >= 4 is 40.7 Å². The van der Waals surface area contributed by atoms with Crippen molar-refractivity contribution in [2.24, 2.45) is 7.05 Å². The first-order valence-electron chi connectivity index (χ1n) is 6.46. The molecule has 0 bridgehead atoms. The van der Waals surface area contributed by atoms with Gasteiger partial charge in [0.05, 0.1) is 5.56 Å². The zero-order valence-corrected chi connectivity index (χ0v) is 14.0. The topological polar surface area (TPSA) is 62.2 Å². The second kappa shape index (κ2) is 6.78. The first kappa shape index (κ1) is 18.2. The van der Waals surface area contributed by atoms with Crippen molar-refractivity contribution in [1.29, 1.82) is 0 Å². The minimum Gasteiger partial charge on any atom is -0.307 e. The van der Waals surface area contributed by atoms with E-state index in [4.69, 9.17) is 23.2 Å². The maximum atomic E-state index is 12.7. The highest BCUT2D eigenvalue weighted by Gasteiger charge is 2.30. The molecule has 2 amide bonds. The molecule has 0 unspecified atom stereocenters. The summed E-state index contributed by atoms with van der Waals surface area (Å²) in [5, 5.41) is 7.60. The molecule has 0 aliphatic rings. The Bertz CT molecular complexity index is 763. The Kier molecular flexibility index (Phi) is 5.14. The minimum atomic E-state index is -4.50. The van der Waals surface area contributed by atoms with Crippen LogP contribution in [0.3, 0.4) is 0 Å². The Balaban J connectivity index is 2.08. The van der Waals surface area contributed by atoms with Crippen molar-refractivity contribution in [3.63, 3.8) is 0 Å². The van der Waals surface area contributed by atoms with Crippen molar-refractivity contribution in [2.75, 3.05) is 17.4 Å². The molecule has 0 saturated carbocycles. The summed E-state index contributed by atoms with van der Waals surface area (Å²) in [6, 6.07) is 3.51. The molecule has 130 valence electrons. The highest BCUT2D eigenvalue weighted by Crippen LogP contribution is 2.31. The molecule has 0 aliphatic heterocycles. The Morgan fingerprint density at radius 3 is 2.54 bits per heavy atom. The zero-order valence-electron chi connectivity index (χ0n) is 12.4. The number of hydrogen-bond acceptors (Lipinski definition) is 3. The fraction of sp³-hybridized carbons (Fsp3) is 0.231. The maximum absolute atomic E-state index is 12.7. The summed E-state index contributed by atoms with van der Waals surface area (Å²) in [7, 11) is 3.04. The van der Waals surface area contributed by atoms with Gasteiger partial charge in [-0.25, -0.2) is 14.9 Å². The lowest BCUT2D eigenvalue weighted by Gasteiger charge is -2.20. The minimum absolute atomic E-state index is 0.00939. The van der Waals surface area contributed by atoms with Gasteiger partial charge in [0.2, 0.25) is 0 Å². The van der Waals surface area contributed by atoms with Crippen molar-refractivity contribution < 1.29 is 18.0 Å². The number of urea groups is 1. The molecule has 0 radical (unpaired) electrons. The molecule has 6 nitrogen and oxygen atoms in total. The number of halogens is 5. The van der Waals surface area contributed by atoms with E-state index in [9.17, 15) is 18.0 Å². The number of carbonyl (C=O) groups is 1. The number of aryl methyl sites for hydroxylation is 1. The van der Waals surface area contributed by atoms with Gasteiger partial charge in [0, 0.05) is 19.8 Å². The van der Waals surface area contributed by atoms with E-state index in [1.807, 2.05) is 0 Å². The van der Waals surface area contributed by atoms with E-state index in [1.165, 1.54) is 28.9 Å². The predicted octanol–water partition coefficient (Wildman–Crippen LogP) is 3.92. The van der Waals surface area contributed by atoms with Gasteiger partial charge in [0.25, 0.3) is 0 Å². The van der Waals surface area contributed by atoms with Crippen LogP contribution in [0.4, 0.5) is 29.5 Å². The van der Waals surface area contributed by atoms with Crippen LogP contribution in [0.25, 0.3) is 0 Å². The summed E-state index contributed by atoms with van der Waals surface area (Å²) < 4.78 is 39.3. The molecule has 0 spiro atoms. The van der Waals surface area contributed by atoms with E-state index < -0.39 is 17.8 Å². The molecule has 1 heterocycles. The third-order valence-corrected chi connectivity index (χ3v) is 3.67. The number of anilines is 2. The second-order valence-corrected chi connectivity index (χ2v) is 5.49. The predicted molar refractivity (Wildman–Crippen MR) is 85.2 cm³/mol. The SMILES string of the molecule is CN(NC(=O)Nc1cccc(C(F)(F)F)c1)c1c(Cl)c(Cl)nn1C. The Hall–Kier alpha value is -2.13. The molecule has 0 aliphatic carbocycles. The van der Waals surface area contributed by atoms with E-state index in [-0.39, 0.29) is 15.9 Å². The van der Waals surface area contributed by atoms with Crippen LogP contribution in [0, 0.1) is 0 Å². The summed E-state index contributed by atoms with van der Waals surface area (Å²) in [5.41, 5.74) is 1.52. The molecule has 11 heteroatoms. The van der Waals surface area contributed by atoms with Crippen LogP contribution in [-0.4, -0.2) is 22.9 Å². The van der Waals surface area contributed by atoms with Gasteiger partial charge in [0.1, 0.15) is 5.02 Å². The number of rotatable bonds is 3. The highest BCUT2D eigenvalue weighted by atomic mass is 35.5. The van der Waals surface area contributed by atoms with Crippen molar-refractivity contribution in [3.05, 3.63) is 40.0 Å². The van der Waals surface area contributed by atoms with Crippen molar-refractivity contribution in [3.8, 4) is 0 Å². The summed E-state index contributed by atoms with van der Waals surface area (Å²) >= 11 is 11.7. The molecular formula is C13H12Cl2F3N5O. The smallest absolute Gasteiger partial charge is 0.307 e. The molecule has 24 heavy (non-hydrogen) atoms. The molecule has 0 fully saturated rings. The number of carbonyl (C=O) groups excluding carboxylic acids is 1. The average molecular weight is 382 g/mol. The fourth-order valence-corrected chi connectivity index (χ4v) is 2.44. The average Bonchev–Trinajstić information content (AvgIpc) is 2.71. The number of hydrogen-bond donors (Lipinski definition) is 2.